The average Bonchev–Trinajstić information content (AvgIpc) is 3.08. The molecular formula is C15H19N3. The summed E-state index contributed by atoms with van der Waals surface area (Å²) in [5.74, 6) is 0. The van der Waals surface area contributed by atoms with Crippen LogP contribution in [0.15, 0.2) is 30.7 Å². The molecule has 0 atom stereocenters. The Bertz CT molecular complexity index is 553. The predicted molar refractivity (Wildman–Crippen MR) is 72.9 cm³/mol. The Labute approximate surface area is 108 Å². The first kappa shape index (κ1) is 11.5. The minimum atomic E-state index is 0.732. The van der Waals surface area contributed by atoms with E-state index < -0.39 is 0 Å². The first-order valence-corrected chi connectivity index (χ1v) is 6.56. The number of benzene rings is 1. The molecule has 3 heteroatoms. The van der Waals surface area contributed by atoms with Crippen molar-refractivity contribution in [3.63, 3.8) is 0 Å². The molecule has 1 N–H and O–H groups in total. The van der Waals surface area contributed by atoms with Crippen LogP contribution in [0.4, 0.5) is 0 Å². The normalized spacial score (nSPS) is 15.0. The van der Waals surface area contributed by atoms with Gasteiger partial charge in [0.15, 0.2) is 0 Å². The number of hydrogen-bond acceptors (Lipinski definition) is 2. The van der Waals surface area contributed by atoms with E-state index in [0.717, 1.165) is 18.3 Å². The molecule has 1 fully saturated rings. The van der Waals surface area contributed by atoms with Gasteiger partial charge in [-0.2, -0.15) is 0 Å². The molecule has 1 aliphatic rings. The number of nitrogens with one attached hydrogen (secondary N) is 1. The lowest BCUT2D eigenvalue weighted by Gasteiger charge is -2.07. The second kappa shape index (κ2) is 4.58. The largest absolute Gasteiger partial charge is 0.308 e. The third-order valence-electron chi connectivity index (χ3n) is 3.43. The number of nitrogens with zero attached hydrogens (tertiary/aromatic N) is 2. The van der Waals surface area contributed by atoms with Gasteiger partial charge < -0.3 is 9.88 Å². The van der Waals surface area contributed by atoms with E-state index in [2.05, 4.69) is 53.1 Å². The van der Waals surface area contributed by atoms with E-state index in [4.69, 9.17) is 0 Å². The quantitative estimate of drug-likeness (QED) is 0.892. The first-order chi connectivity index (χ1) is 8.72. The first-order valence-electron chi connectivity index (χ1n) is 6.56. The second-order valence-electron chi connectivity index (χ2n) is 5.22. The third-order valence-corrected chi connectivity index (χ3v) is 3.43. The van der Waals surface area contributed by atoms with Crippen LogP contribution in [0.3, 0.4) is 0 Å². The zero-order valence-electron chi connectivity index (χ0n) is 11.0. The number of rotatable bonds is 4. The van der Waals surface area contributed by atoms with Gasteiger partial charge in [-0.1, -0.05) is 12.1 Å². The van der Waals surface area contributed by atoms with Crippen LogP contribution in [-0.2, 0) is 6.54 Å². The number of imidazole rings is 1. The van der Waals surface area contributed by atoms with Gasteiger partial charge >= 0.3 is 0 Å². The Morgan fingerprint density at radius 2 is 2.17 bits per heavy atom. The van der Waals surface area contributed by atoms with Crippen LogP contribution in [0, 0.1) is 13.8 Å². The van der Waals surface area contributed by atoms with Gasteiger partial charge in [0.05, 0.1) is 12.0 Å². The molecule has 1 saturated carbocycles. The molecule has 0 radical (unpaired) electrons. The van der Waals surface area contributed by atoms with Crippen LogP contribution >= 0.6 is 0 Å². The maximum atomic E-state index is 4.46. The van der Waals surface area contributed by atoms with Crippen molar-refractivity contribution in [3.05, 3.63) is 47.5 Å². The van der Waals surface area contributed by atoms with Crippen LogP contribution in [0.25, 0.3) is 5.69 Å². The Hall–Kier alpha value is -1.61. The Kier molecular flexibility index (Phi) is 2.92. The molecule has 0 amide bonds. The van der Waals surface area contributed by atoms with Crippen molar-refractivity contribution in [1.29, 1.82) is 0 Å². The summed E-state index contributed by atoms with van der Waals surface area (Å²) in [7, 11) is 0. The highest BCUT2D eigenvalue weighted by molar-refractivity contribution is 5.43. The standard InChI is InChI=1S/C15H19N3/c1-11-3-4-12(2)15(7-11)18-9-14(17-10-18)8-16-13-5-6-13/h3-4,7,9-10,13,16H,5-6,8H2,1-2H3. The van der Waals surface area contributed by atoms with E-state index in [9.17, 15) is 0 Å². The van der Waals surface area contributed by atoms with Gasteiger partial charge in [0.2, 0.25) is 0 Å². The summed E-state index contributed by atoms with van der Waals surface area (Å²) in [5, 5.41) is 3.49. The molecule has 2 aromatic rings. The maximum absolute atomic E-state index is 4.46. The maximum Gasteiger partial charge on any atom is 0.0995 e. The van der Waals surface area contributed by atoms with Gasteiger partial charge in [0.1, 0.15) is 0 Å². The van der Waals surface area contributed by atoms with Crippen molar-refractivity contribution in [2.24, 2.45) is 0 Å². The van der Waals surface area contributed by atoms with Crippen molar-refractivity contribution in [2.75, 3.05) is 0 Å². The molecule has 94 valence electrons. The van der Waals surface area contributed by atoms with Gasteiger partial charge in [-0.05, 0) is 43.9 Å². The molecule has 0 aliphatic heterocycles. The molecule has 1 aromatic carbocycles. The molecule has 1 aliphatic carbocycles. The van der Waals surface area contributed by atoms with Gasteiger partial charge in [0.25, 0.3) is 0 Å². The summed E-state index contributed by atoms with van der Waals surface area (Å²) < 4.78 is 2.12. The van der Waals surface area contributed by atoms with Gasteiger partial charge in [0, 0.05) is 24.5 Å². The van der Waals surface area contributed by atoms with Crippen molar-refractivity contribution >= 4 is 0 Å². The van der Waals surface area contributed by atoms with Crippen molar-refractivity contribution in [3.8, 4) is 5.69 Å². The minimum absolute atomic E-state index is 0.732. The average molecular weight is 241 g/mol. The Morgan fingerprint density at radius 1 is 1.33 bits per heavy atom. The number of aryl methyl sites for hydroxylation is 2. The topological polar surface area (TPSA) is 29.9 Å². The Balaban J connectivity index is 1.80. The molecule has 0 bridgehead atoms. The molecule has 1 aromatic heterocycles. The smallest absolute Gasteiger partial charge is 0.0995 e. The summed E-state index contributed by atoms with van der Waals surface area (Å²) in [6, 6.07) is 7.24. The van der Waals surface area contributed by atoms with E-state index in [0.29, 0.717) is 0 Å². The van der Waals surface area contributed by atoms with Gasteiger partial charge in [-0.25, -0.2) is 4.98 Å². The van der Waals surface area contributed by atoms with Crippen LogP contribution in [-0.4, -0.2) is 15.6 Å². The monoisotopic (exact) mass is 241 g/mol. The number of aromatic nitrogens is 2. The van der Waals surface area contributed by atoms with Gasteiger partial charge in [-0.15, -0.1) is 0 Å². The SMILES string of the molecule is Cc1ccc(C)c(-n2cnc(CNC3CC3)c2)c1. The molecular weight excluding hydrogens is 222 g/mol. The highest BCUT2D eigenvalue weighted by atomic mass is 15.1. The molecule has 1 heterocycles. The fraction of sp³-hybridized carbons (Fsp3) is 0.400. The molecule has 0 spiro atoms. The summed E-state index contributed by atoms with van der Waals surface area (Å²) in [4.78, 5) is 4.46. The van der Waals surface area contributed by atoms with Crippen LogP contribution in [0.2, 0.25) is 0 Å². The second-order valence-corrected chi connectivity index (χ2v) is 5.22. The van der Waals surface area contributed by atoms with Crippen molar-refractivity contribution in [2.45, 2.75) is 39.3 Å². The van der Waals surface area contributed by atoms with Crippen LogP contribution in [0.5, 0.6) is 0 Å². The fourth-order valence-electron chi connectivity index (χ4n) is 2.12. The summed E-state index contributed by atoms with van der Waals surface area (Å²) in [6.45, 7) is 5.13. The summed E-state index contributed by atoms with van der Waals surface area (Å²) in [5.41, 5.74) is 4.89. The fourth-order valence-corrected chi connectivity index (χ4v) is 2.12. The van der Waals surface area contributed by atoms with Crippen molar-refractivity contribution in [1.82, 2.24) is 14.9 Å². The highest BCUT2D eigenvalue weighted by Gasteiger charge is 2.20. The van der Waals surface area contributed by atoms with E-state index in [1.54, 1.807) is 0 Å². The summed E-state index contributed by atoms with van der Waals surface area (Å²) >= 11 is 0. The van der Waals surface area contributed by atoms with E-state index in [1.165, 1.54) is 29.7 Å². The third kappa shape index (κ3) is 2.46. The minimum Gasteiger partial charge on any atom is -0.308 e. The lowest BCUT2D eigenvalue weighted by atomic mass is 10.1. The predicted octanol–water partition coefficient (Wildman–Crippen LogP) is 2.74. The van der Waals surface area contributed by atoms with Crippen molar-refractivity contribution < 1.29 is 0 Å². The molecule has 0 saturated heterocycles. The zero-order chi connectivity index (χ0) is 12.5. The Morgan fingerprint density at radius 3 is 2.94 bits per heavy atom. The van der Waals surface area contributed by atoms with Crippen LogP contribution < -0.4 is 5.32 Å². The van der Waals surface area contributed by atoms with E-state index >= 15 is 0 Å². The zero-order valence-corrected chi connectivity index (χ0v) is 11.0. The summed E-state index contributed by atoms with van der Waals surface area (Å²) in [6.07, 6.45) is 6.66. The van der Waals surface area contributed by atoms with Crippen LogP contribution in [0.1, 0.15) is 29.7 Å². The lowest BCUT2D eigenvalue weighted by molar-refractivity contribution is 0.677. The molecule has 0 unspecified atom stereocenters. The highest BCUT2D eigenvalue weighted by Crippen LogP contribution is 2.20. The number of hydrogen-bond donors (Lipinski definition) is 1. The van der Waals surface area contributed by atoms with E-state index in [-0.39, 0.29) is 0 Å². The van der Waals surface area contributed by atoms with E-state index in [1.807, 2.05) is 6.33 Å². The molecule has 3 rings (SSSR count). The van der Waals surface area contributed by atoms with Gasteiger partial charge in [-0.3, -0.25) is 0 Å². The molecule has 3 nitrogen and oxygen atoms in total. The molecule has 18 heavy (non-hydrogen) atoms. The lowest BCUT2D eigenvalue weighted by Crippen LogP contribution is -2.15.